The number of carbonyl (C=O) groups is 1. The third-order valence-electron chi connectivity index (χ3n) is 9.06. The van der Waals surface area contributed by atoms with Crippen LogP contribution < -0.4 is 19.5 Å². The molecule has 10 nitrogen and oxygen atoms in total. The van der Waals surface area contributed by atoms with Crippen LogP contribution in [-0.2, 0) is 15.4 Å². The lowest BCUT2D eigenvalue weighted by atomic mass is 9.88. The lowest BCUT2D eigenvalue weighted by Crippen LogP contribution is -2.37. The average Bonchev–Trinajstić information content (AvgIpc) is 3.15. The zero-order valence-electron chi connectivity index (χ0n) is 32.5. The summed E-state index contributed by atoms with van der Waals surface area (Å²) in [7, 11) is -2.82. The molecule has 0 saturated heterocycles. The van der Waals surface area contributed by atoms with Crippen LogP contribution in [0, 0.1) is 48.9 Å². The van der Waals surface area contributed by atoms with Gasteiger partial charge in [-0.05, 0) is 79.6 Å². The van der Waals surface area contributed by atoms with E-state index < -0.39 is 73.3 Å². The number of aryl methyl sites for hydroxylation is 2. The molecule has 0 fully saturated rings. The van der Waals surface area contributed by atoms with Gasteiger partial charge < -0.3 is 14.8 Å². The standard InChI is InChI=1S/C41H42F5N5O5S/c1-21(2)17-29(47-8)37(27-16-15-25(20-48-27)41(5,6)7)55-30-19-28(31-22(3)11-9-12-23(31)4)49-40(50-30)51-57(53,54)26-14-10-13-24(18-26)39(52)56-38-35(45)33(43)32(42)34(44)36(38)46/h9-16,18-21,29,37,47H,17H2,1-8H3,(H,49,50,51)/t29-,37-/m1/s1. The second-order valence-corrected chi connectivity index (χ2v) is 16.6. The average molecular weight is 812 g/mol. The zero-order valence-corrected chi connectivity index (χ0v) is 33.3. The molecule has 0 aliphatic rings. The van der Waals surface area contributed by atoms with E-state index in [1.807, 2.05) is 51.2 Å². The highest BCUT2D eigenvalue weighted by atomic mass is 32.2. The molecule has 2 heterocycles. The van der Waals surface area contributed by atoms with Crippen LogP contribution >= 0.6 is 0 Å². The number of esters is 1. The van der Waals surface area contributed by atoms with Gasteiger partial charge in [-0.1, -0.05) is 65.0 Å². The Morgan fingerprint density at radius 1 is 0.842 bits per heavy atom. The van der Waals surface area contributed by atoms with Crippen molar-refractivity contribution >= 4 is 21.9 Å². The van der Waals surface area contributed by atoms with Crippen LogP contribution in [0.15, 0.2) is 71.8 Å². The Morgan fingerprint density at radius 2 is 1.46 bits per heavy atom. The van der Waals surface area contributed by atoms with Crippen molar-refractivity contribution in [2.24, 2.45) is 5.92 Å². The van der Waals surface area contributed by atoms with Crippen LogP contribution in [0.25, 0.3) is 11.3 Å². The fraction of sp³-hybridized carbons (Fsp3) is 0.317. The molecule has 0 radical (unpaired) electrons. The summed E-state index contributed by atoms with van der Waals surface area (Å²) < 4.78 is 111. The van der Waals surface area contributed by atoms with Crippen molar-refractivity contribution in [3.05, 3.63) is 124 Å². The predicted molar refractivity (Wildman–Crippen MR) is 204 cm³/mol. The minimum absolute atomic E-state index is 0.0104. The molecule has 0 bridgehead atoms. The summed E-state index contributed by atoms with van der Waals surface area (Å²) in [5.74, 6) is -15.4. The number of hydrogen-bond donors (Lipinski definition) is 2. The van der Waals surface area contributed by atoms with Gasteiger partial charge in [0, 0.05) is 23.9 Å². The molecular weight excluding hydrogens is 770 g/mol. The highest BCUT2D eigenvalue weighted by Gasteiger charge is 2.31. The summed E-state index contributed by atoms with van der Waals surface area (Å²) in [6.07, 6.45) is 1.78. The van der Waals surface area contributed by atoms with Crippen LogP contribution in [-0.4, -0.2) is 42.4 Å². The van der Waals surface area contributed by atoms with Gasteiger partial charge in [-0.25, -0.2) is 36.1 Å². The smallest absolute Gasteiger partial charge is 0.343 e. The number of ether oxygens (including phenoxy) is 2. The second-order valence-electron chi connectivity index (χ2n) is 14.9. The van der Waals surface area contributed by atoms with Gasteiger partial charge >= 0.3 is 5.97 Å². The number of hydrogen-bond acceptors (Lipinski definition) is 9. The number of nitrogens with one attached hydrogen (secondary N) is 2. The van der Waals surface area contributed by atoms with E-state index in [2.05, 4.69) is 59.4 Å². The molecule has 16 heteroatoms. The Bertz CT molecular complexity index is 2360. The van der Waals surface area contributed by atoms with Crippen molar-refractivity contribution < 1.29 is 44.6 Å². The molecule has 2 atom stereocenters. The first kappa shape index (κ1) is 42.7. The van der Waals surface area contributed by atoms with Gasteiger partial charge in [-0.3, -0.25) is 4.98 Å². The monoisotopic (exact) mass is 811 g/mol. The van der Waals surface area contributed by atoms with Crippen molar-refractivity contribution in [3.63, 3.8) is 0 Å². The van der Waals surface area contributed by atoms with Crippen molar-refractivity contribution in [1.82, 2.24) is 20.3 Å². The Labute approximate surface area is 328 Å². The summed E-state index contributed by atoms with van der Waals surface area (Å²) in [6, 6.07) is 14.8. The first-order valence-electron chi connectivity index (χ1n) is 17.8. The topological polar surface area (TPSA) is 132 Å². The third kappa shape index (κ3) is 9.56. The minimum Gasteiger partial charge on any atom is -0.466 e. The molecule has 5 rings (SSSR count). The molecule has 0 aliphatic carbocycles. The first-order chi connectivity index (χ1) is 26.7. The van der Waals surface area contributed by atoms with Gasteiger partial charge in [0.05, 0.1) is 21.8 Å². The Kier molecular flexibility index (Phi) is 12.7. The Morgan fingerprint density at radius 3 is 2.02 bits per heavy atom. The van der Waals surface area contributed by atoms with E-state index in [4.69, 9.17) is 9.72 Å². The number of benzene rings is 3. The Hall–Kier alpha value is -5.48. The summed E-state index contributed by atoms with van der Waals surface area (Å²) >= 11 is 0. The number of sulfonamides is 1. The molecule has 0 saturated carbocycles. The van der Waals surface area contributed by atoms with Crippen LogP contribution in [0.4, 0.5) is 27.9 Å². The van der Waals surface area contributed by atoms with E-state index in [-0.39, 0.29) is 23.3 Å². The van der Waals surface area contributed by atoms with E-state index in [0.29, 0.717) is 23.4 Å². The number of rotatable bonds is 13. The fourth-order valence-corrected chi connectivity index (χ4v) is 7.06. The largest absolute Gasteiger partial charge is 0.466 e. The van der Waals surface area contributed by atoms with Gasteiger partial charge in [0.25, 0.3) is 10.0 Å². The molecule has 0 unspecified atom stereocenters. The third-order valence-corrected chi connectivity index (χ3v) is 10.4. The van der Waals surface area contributed by atoms with Crippen molar-refractivity contribution in [2.75, 3.05) is 11.8 Å². The molecule has 57 heavy (non-hydrogen) atoms. The van der Waals surface area contributed by atoms with E-state index in [1.165, 1.54) is 0 Å². The summed E-state index contributed by atoms with van der Waals surface area (Å²) in [6.45, 7) is 14.1. The molecule has 302 valence electrons. The van der Waals surface area contributed by atoms with Gasteiger partial charge in [0.1, 0.15) is 0 Å². The fourth-order valence-electron chi connectivity index (χ4n) is 6.07. The maximum absolute atomic E-state index is 14.2. The van der Waals surface area contributed by atoms with Crippen LogP contribution in [0.1, 0.15) is 79.9 Å². The summed E-state index contributed by atoms with van der Waals surface area (Å²) in [4.78, 5) is 26.0. The van der Waals surface area contributed by atoms with Crippen molar-refractivity contribution in [2.45, 2.75) is 77.3 Å². The SMILES string of the molecule is CN[C@H](CC(C)C)[C@H](Oc1cc(-c2c(C)cccc2C)nc(NS(=O)(=O)c2cccc(C(=O)Oc3c(F)c(F)c(F)c(F)c3F)c2)n1)c1ccc(C(C)(C)C)cn1. The molecule has 2 N–H and O–H groups in total. The maximum atomic E-state index is 14.2. The Balaban J connectivity index is 1.55. The normalized spacial score (nSPS) is 13.0. The summed E-state index contributed by atoms with van der Waals surface area (Å²) in [5, 5.41) is 3.33. The van der Waals surface area contributed by atoms with Crippen LogP contribution in [0.2, 0.25) is 0 Å². The van der Waals surface area contributed by atoms with Gasteiger partial charge in [-0.15, -0.1) is 0 Å². The number of likely N-dealkylation sites (N-methyl/N-ethyl adjacent to an activating group) is 1. The highest BCUT2D eigenvalue weighted by molar-refractivity contribution is 7.92. The number of nitrogens with zero attached hydrogens (tertiary/aromatic N) is 3. The van der Waals surface area contributed by atoms with Crippen molar-refractivity contribution in [3.8, 4) is 22.9 Å². The van der Waals surface area contributed by atoms with Gasteiger partial charge in [0.2, 0.25) is 46.7 Å². The number of halogens is 5. The van der Waals surface area contributed by atoms with E-state index in [0.717, 1.165) is 41.0 Å². The molecule has 2 aromatic heterocycles. The van der Waals surface area contributed by atoms with Gasteiger partial charge in [0.15, 0.2) is 6.10 Å². The second kappa shape index (κ2) is 16.9. The highest BCUT2D eigenvalue weighted by Crippen LogP contribution is 2.34. The molecule has 0 amide bonds. The summed E-state index contributed by atoms with van der Waals surface area (Å²) in [5.41, 5.74) is 3.56. The lowest BCUT2D eigenvalue weighted by molar-refractivity contribution is 0.0715. The van der Waals surface area contributed by atoms with Crippen LogP contribution in [0.3, 0.4) is 0 Å². The van der Waals surface area contributed by atoms with E-state index >= 15 is 0 Å². The molecule has 5 aromatic rings. The molecule has 0 aliphatic heterocycles. The molecule has 3 aromatic carbocycles. The quantitative estimate of drug-likeness (QED) is 0.0393. The molecule has 0 spiro atoms. The number of anilines is 1. The maximum Gasteiger partial charge on any atom is 0.343 e. The minimum atomic E-state index is -4.63. The first-order valence-corrected chi connectivity index (χ1v) is 19.3. The molecular formula is C41H42F5N5O5S. The number of pyridine rings is 1. The van der Waals surface area contributed by atoms with Crippen LogP contribution in [0.5, 0.6) is 11.6 Å². The predicted octanol–water partition coefficient (Wildman–Crippen LogP) is 8.92. The zero-order chi connectivity index (χ0) is 42.0. The van der Waals surface area contributed by atoms with Gasteiger partial charge in [-0.2, -0.15) is 13.8 Å². The van der Waals surface area contributed by atoms with E-state index in [9.17, 15) is 35.2 Å². The lowest BCUT2D eigenvalue weighted by Gasteiger charge is -2.29. The number of aromatic nitrogens is 3. The van der Waals surface area contributed by atoms with E-state index in [1.54, 1.807) is 12.3 Å². The number of carbonyl (C=O) groups excluding carboxylic acids is 1. The van der Waals surface area contributed by atoms with Crippen molar-refractivity contribution in [1.29, 1.82) is 0 Å².